The van der Waals surface area contributed by atoms with Crippen molar-refractivity contribution < 1.29 is 19.1 Å². The second-order valence-electron chi connectivity index (χ2n) is 9.74. The number of anilines is 5. The number of carbonyl (C=O) groups is 2. The van der Waals surface area contributed by atoms with Gasteiger partial charge in [0.25, 0.3) is 5.91 Å². The van der Waals surface area contributed by atoms with Crippen molar-refractivity contribution in [2.24, 2.45) is 0 Å². The van der Waals surface area contributed by atoms with Crippen LogP contribution in [-0.2, 0) is 4.79 Å². The lowest BCUT2D eigenvalue weighted by molar-refractivity contribution is -0.105. The molecule has 3 aromatic carbocycles. The average Bonchev–Trinajstić information content (AvgIpc) is 3.34. The largest absolute Gasteiger partial charge is 0.393 e. The average molecular weight is 544 g/mol. The van der Waals surface area contributed by atoms with Crippen molar-refractivity contribution in [2.75, 3.05) is 33.9 Å². The summed E-state index contributed by atoms with van der Waals surface area (Å²) in [6, 6.07) is 20.8. The second kappa shape index (κ2) is 13.4. The van der Waals surface area contributed by atoms with Gasteiger partial charge in [-0.3, -0.25) is 9.59 Å². The lowest BCUT2D eigenvalue weighted by Crippen LogP contribution is -2.35. The number of halogens is 1. The number of aromatic amines is 1. The van der Waals surface area contributed by atoms with E-state index in [1.54, 1.807) is 42.5 Å². The van der Waals surface area contributed by atoms with E-state index in [4.69, 9.17) is 0 Å². The second-order valence-corrected chi connectivity index (χ2v) is 9.74. The summed E-state index contributed by atoms with van der Waals surface area (Å²) in [6.07, 6.45) is 3.77. The highest BCUT2D eigenvalue weighted by atomic mass is 19.1. The zero-order valence-electron chi connectivity index (χ0n) is 22.6. The molecule has 1 saturated heterocycles. The van der Waals surface area contributed by atoms with Crippen molar-refractivity contribution in [3.8, 4) is 0 Å². The van der Waals surface area contributed by atoms with Crippen molar-refractivity contribution in [3.05, 3.63) is 102 Å². The summed E-state index contributed by atoms with van der Waals surface area (Å²) in [5.74, 6) is -0.718. The first-order valence-electron chi connectivity index (χ1n) is 13.1. The van der Waals surface area contributed by atoms with E-state index in [1.165, 1.54) is 23.4 Å². The first-order valence-corrected chi connectivity index (χ1v) is 13.1. The molecule has 40 heavy (non-hydrogen) atoms. The molecule has 9 heteroatoms. The van der Waals surface area contributed by atoms with Gasteiger partial charge in [-0.25, -0.2) is 4.39 Å². The van der Waals surface area contributed by atoms with E-state index < -0.39 is 5.82 Å². The van der Waals surface area contributed by atoms with Crippen molar-refractivity contribution in [2.45, 2.75) is 32.8 Å². The van der Waals surface area contributed by atoms with Crippen LogP contribution in [-0.4, -0.2) is 41.6 Å². The van der Waals surface area contributed by atoms with E-state index in [9.17, 15) is 19.1 Å². The zero-order chi connectivity index (χ0) is 28.5. The fourth-order valence-electron chi connectivity index (χ4n) is 4.37. The number of aliphatic hydroxyl groups is 1. The van der Waals surface area contributed by atoms with Gasteiger partial charge in [0.2, 0.25) is 6.41 Å². The third-order valence-electron chi connectivity index (χ3n) is 6.55. The quantitative estimate of drug-likeness (QED) is 0.184. The maximum absolute atomic E-state index is 14.2. The van der Waals surface area contributed by atoms with Gasteiger partial charge in [-0.2, -0.15) is 0 Å². The summed E-state index contributed by atoms with van der Waals surface area (Å²) in [5, 5.41) is 17.9. The number of nitrogens with zero attached hydrogens (tertiary/aromatic N) is 1. The minimum atomic E-state index is -0.497. The number of hydrogen-bond donors (Lipinski definition) is 5. The van der Waals surface area contributed by atoms with Gasteiger partial charge in [-0.05, 0) is 105 Å². The van der Waals surface area contributed by atoms with Crippen LogP contribution in [0.4, 0.5) is 32.8 Å². The molecule has 2 amide bonds. The highest BCUT2D eigenvalue weighted by molar-refractivity contribution is 6.04. The Morgan fingerprint density at radius 3 is 2.15 bits per heavy atom. The molecule has 0 aliphatic carbocycles. The van der Waals surface area contributed by atoms with E-state index in [1.807, 2.05) is 25.3 Å². The number of benzene rings is 3. The molecule has 1 aromatic heterocycles. The maximum Gasteiger partial charge on any atom is 0.255 e. The number of hydrogen-bond acceptors (Lipinski definition) is 5. The molecule has 5 N–H and O–H groups in total. The summed E-state index contributed by atoms with van der Waals surface area (Å²) < 4.78 is 14.2. The number of amides is 2. The number of aliphatic hydroxyl groups excluding tert-OH is 1. The highest BCUT2D eigenvalue weighted by Crippen LogP contribution is 2.25. The van der Waals surface area contributed by atoms with Crippen LogP contribution < -0.4 is 20.9 Å². The highest BCUT2D eigenvalue weighted by Gasteiger charge is 2.17. The predicted molar refractivity (Wildman–Crippen MR) is 158 cm³/mol. The fraction of sp³-hybridized carbons (Fsp3) is 0.226. The van der Waals surface area contributed by atoms with Gasteiger partial charge in [0.1, 0.15) is 5.82 Å². The van der Waals surface area contributed by atoms with Gasteiger partial charge < -0.3 is 30.9 Å². The molecular formula is C31H34FN5O3. The van der Waals surface area contributed by atoms with Gasteiger partial charge in [0.05, 0.1) is 11.8 Å². The molecule has 2 heterocycles. The summed E-state index contributed by atoms with van der Waals surface area (Å²) in [5.41, 5.74) is 6.03. The van der Waals surface area contributed by atoms with Crippen LogP contribution in [0.1, 0.15) is 34.5 Å². The van der Waals surface area contributed by atoms with E-state index in [-0.39, 0.29) is 17.7 Å². The molecule has 0 bridgehead atoms. The number of rotatable bonds is 7. The number of H-pyrrole nitrogens is 1. The van der Waals surface area contributed by atoms with Crippen LogP contribution >= 0.6 is 0 Å². The Labute approximate surface area is 233 Å². The summed E-state index contributed by atoms with van der Waals surface area (Å²) >= 11 is 0. The standard InChI is InChI=1S/C25H25FN4O3.C6H9N/c26-23-15-20(27-16-31)7-10-24(23)28-18-3-5-19(6-4-18)29-25(33)17-1-8-21(9-2-17)30-13-11-22(32)12-14-30;1-5-3-6(2)7-4-5/h1-10,15-16,22,28,32H,11-14H2,(H,27,31)(H,29,33);3-4,7H,1-2H3. The minimum Gasteiger partial charge on any atom is -0.393 e. The zero-order valence-corrected chi connectivity index (χ0v) is 22.6. The Hall–Kier alpha value is -4.63. The number of aromatic nitrogens is 1. The Morgan fingerprint density at radius 1 is 0.950 bits per heavy atom. The van der Waals surface area contributed by atoms with Gasteiger partial charge in [0, 0.05) is 53.3 Å². The Kier molecular flexibility index (Phi) is 9.53. The fourth-order valence-corrected chi connectivity index (χ4v) is 4.37. The third-order valence-corrected chi connectivity index (χ3v) is 6.55. The predicted octanol–water partition coefficient (Wildman–Crippen LogP) is 5.98. The SMILES string of the molecule is Cc1c[nH]c(C)c1.O=CNc1ccc(Nc2ccc(NC(=O)c3ccc(N4CCC(O)CC4)cc3)cc2)c(F)c1. The number of carbonyl (C=O) groups excluding carboxylic acids is 2. The van der Waals surface area contributed by atoms with Crippen molar-refractivity contribution in [3.63, 3.8) is 0 Å². The van der Waals surface area contributed by atoms with Gasteiger partial charge in [0.15, 0.2) is 0 Å². The minimum absolute atomic E-state index is 0.222. The van der Waals surface area contributed by atoms with Crippen molar-refractivity contribution >= 4 is 40.8 Å². The molecule has 208 valence electrons. The van der Waals surface area contributed by atoms with Crippen LogP contribution in [0.5, 0.6) is 0 Å². The first-order chi connectivity index (χ1) is 19.3. The Morgan fingerprint density at radius 2 is 1.60 bits per heavy atom. The molecule has 0 unspecified atom stereocenters. The summed E-state index contributed by atoms with van der Waals surface area (Å²) in [6.45, 7) is 5.73. The Balaban J connectivity index is 0.000000461. The van der Waals surface area contributed by atoms with E-state index in [2.05, 4.69) is 38.8 Å². The molecule has 0 spiro atoms. The smallest absolute Gasteiger partial charge is 0.255 e. The van der Waals surface area contributed by atoms with E-state index in [0.717, 1.165) is 31.6 Å². The van der Waals surface area contributed by atoms with Crippen LogP contribution in [0.15, 0.2) is 79.0 Å². The Bertz CT molecular complexity index is 1400. The molecule has 1 fully saturated rings. The molecule has 1 aliphatic rings. The third kappa shape index (κ3) is 7.94. The summed E-state index contributed by atoms with van der Waals surface area (Å²) in [4.78, 5) is 28.3. The molecule has 1 aliphatic heterocycles. The normalized spacial score (nSPS) is 13.2. The van der Waals surface area contributed by atoms with Crippen molar-refractivity contribution in [1.82, 2.24) is 4.98 Å². The van der Waals surface area contributed by atoms with Gasteiger partial charge in [-0.1, -0.05) is 0 Å². The molecule has 4 aromatic rings. The lowest BCUT2D eigenvalue weighted by Gasteiger charge is -2.31. The molecular weight excluding hydrogens is 509 g/mol. The molecule has 0 saturated carbocycles. The van der Waals surface area contributed by atoms with Gasteiger partial charge >= 0.3 is 0 Å². The lowest BCUT2D eigenvalue weighted by atomic mass is 10.1. The molecule has 8 nitrogen and oxygen atoms in total. The van der Waals surface area contributed by atoms with E-state index in [0.29, 0.717) is 29.0 Å². The number of nitrogens with one attached hydrogen (secondary N) is 4. The number of aryl methyl sites for hydroxylation is 2. The molecule has 5 rings (SSSR count). The van der Waals surface area contributed by atoms with Crippen LogP contribution in [0.2, 0.25) is 0 Å². The van der Waals surface area contributed by atoms with Crippen LogP contribution in [0.3, 0.4) is 0 Å². The van der Waals surface area contributed by atoms with Crippen LogP contribution in [0.25, 0.3) is 0 Å². The van der Waals surface area contributed by atoms with Crippen LogP contribution in [0, 0.1) is 19.7 Å². The number of piperidine rings is 1. The maximum atomic E-state index is 14.2. The van der Waals surface area contributed by atoms with Crippen molar-refractivity contribution in [1.29, 1.82) is 0 Å². The van der Waals surface area contributed by atoms with E-state index >= 15 is 0 Å². The van der Waals surface area contributed by atoms with Gasteiger partial charge in [-0.15, -0.1) is 0 Å². The molecule has 0 radical (unpaired) electrons. The topological polar surface area (TPSA) is 109 Å². The monoisotopic (exact) mass is 543 g/mol. The molecule has 0 atom stereocenters. The summed E-state index contributed by atoms with van der Waals surface area (Å²) in [7, 11) is 0. The first kappa shape index (κ1) is 28.4.